The van der Waals surface area contributed by atoms with E-state index in [0.29, 0.717) is 25.2 Å². The Balaban J connectivity index is 1.55. The number of ether oxygens (including phenoxy) is 1. The highest BCUT2D eigenvalue weighted by molar-refractivity contribution is 6.03. The minimum absolute atomic E-state index is 0.128. The largest absolute Gasteiger partial charge is 0.497 e. The molecule has 0 atom stereocenters. The number of nitrogens with one attached hydrogen (secondary N) is 2. The molecule has 2 aromatic carbocycles. The summed E-state index contributed by atoms with van der Waals surface area (Å²) in [6.45, 7) is 9.46. The third kappa shape index (κ3) is 6.61. The predicted octanol–water partition coefficient (Wildman–Crippen LogP) is 7.17. The van der Waals surface area contributed by atoms with Crippen molar-refractivity contribution in [3.63, 3.8) is 0 Å². The van der Waals surface area contributed by atoms with E-state index in [1.807, 2.05) is 41.1 Å². The van der Waals surface area contributed by atoms with Crippen LogP contribution in [0.3, 0.4) is 0 Å². The van der Waals surface area contributed by atoms with E-state index in [4.69, 9.17) is 4.74 Å². The van der Waals surface area contributed by atoms with Gasteiger partial charge in [0, 0.05) is 42.8 Å². The number of hydrogen-bond acceptors (Lipinski definition) is 5. The average molecular weight is 579 g/mol. The average Bonchev–Trinajstić information content (AvgIpc) is 3.52. The number of methoxy groups -OCH3 is 1. The number of urea groups is 1. The number of amides is 2. The fraction of sp³-hybridized carbons (Fsp3) is 0.294. The summed E-state index contributed by atoms with van der Waals surface area (Å²) in [6, 6.07) is 17.3. The molecule has 0 bridgehead atoms. The molecule has 2 amide bonds. The van der Waals surface area contributed by atoms with E-state index < -0.39 is 0 Å². The lowest BCUT2D eigenvalue weighted by molar-refractivity contribution is 0.256. The van der Waals surface area contributed by atoms with Gasteiger partial charge in [-0.3, -0.25) is 9.69 Å². The van der Waals surface area contributed by atoms with E-state index in [1.165, 1.54) is 4.90 Å². The zero-order valence-corrected chi connectivity index (χ0v) is 25.3. The van der Waals surface area contributed by atoms with Gasteiger partial charge in [0.25, 0.3) is 5.56 Å². The van der Waals surface area contributed by atoms with E-state index in [0.717, 1.165) is 39.1 Å². The third-order valence-electron chi connectivity index (χ3n) is 7.57. The second kappa shape index (κ2) is 12.9. The Morgan fingerprint density at radius 2 is 1.77 bits per heavy atom. The Hall–Kier alpha value is -4.92. The van der Waals surface area contributed by atoms with Crippen molar-refractivity contribution in [1.82, 2.24) is 19.5 Å². The SMILES string of the molecule is COc1cccc(-c2cc(C(C)C)c(NC(=O)N(CCCn3ccnc3)c3cc4cccnc4[nH]c3=O)c(C(C)C)c2)c1. The number of H-pyrrole nitrogens is 1. The van der Waals surface area contributed by atoms with Crippen LogP contribution in [0, 0.1) is 0 Å². The number of aromatic amines is 1. The van der Waals surface area contributed by atoms with Gasteiger partial charge in [-0.2, -0.15) is 0 Å². The van der Waals surface area contributed by atoms with Gasteiger partial charge >= 0.3 is 6.03 Å². The van der Waals surface area contributed by atoms with Gasteiger partial charge in [0.15, 0.2) is 0 Å². The molecule has 0 saturated carbocycles. The highest BCUT2D eigenvalue weighted by Crippen LogP contribution is 2.38. The van der Waals surface area contributed by atoms with Crippen molar-refractivity contribution in [3.8, 4) is 16.9 Å². The topological polar surface area (TPSA) is 105 Å². The Bertz CT molecular complexity index is 1750. The summed E-state index contributed by atoms with van der Waals surface area (Å²) in [5.41, 5.74) is 5.30. The van der Waals surface area contributed by atoms with Crippen molar-refractivity contribution in [2.75, 3.05) is 23.9 Å². The van der Waals surface area contributed by atoms with Crippen molar-refractivity contribution in [1.29, 1.82) is 0 Å². The lowest BCUT2D eigenvalue weighted by Crippen LogP contribution is -2.40. The second-order valence-electron chi connectivity index (χ2n) is 11.2. The first-order valence-corrected chi connectivity index (χ1v) is 14.6. The quantitative estimate of drug-likeness (QED) is 0.183. The molecule has 0 aliphatic carbocycles. The maximum Gasteiger partial charge on any atom is 0.326 e. The second-order valence-corrected chi connectivity index (χ2v) is 11.2. The molecule has 2 N–H and O–H groups in total. The lowest BCUT2D eigenvalue weighted by atomic mass is 9.88. The van der Waals surface area contributed by atoms with Crippen LogP contribution in [0.15, 0.2) is 84.3 Å². The third-order valence-corrected chi connectivity index (χ3v) is 7.57. The Morgan fingerprint density at radius 1 is 1.00 bits per heavy atom. The number of rotatable bonds is 10. The van der Waals surface area contributed by atoms with E-state index in [1.54, 1.807) is 31.9 Å². The first kappa shape index (κ1) is 29.6. The number of imidazole rings is 1. The summed E-state index contributed by atoms with van der Waals surface area (Å²) < 4.78 is 7.42. The number of pyridine rings is 2. The zero-order valence-electron chi connectivity index (χ0n) is 25.3. The van der Waals surface area contributed by atoms with Crippen LogP contribution in [0.1, 0.15) is 57.1 Å². The fourth-order valence-electron chi connectivity index (χ4n) is 5.27. The number of fused-ring (bicyclic) bond motifs is 1. The van der Waals surface area contributed by atoms with Gasteiger partial charge in [-0.1, -0.05) is 39.8 Å². The van der Waals surface area contributed by atoms with Crippen molar-refractivity contribution < 1.29 is 9.53 Å². The molecule has 43 heavy (non-hydrogen) atoms. The lowest BCUT2D eigenvalue weighted by Gasteiger charge is -2.27. The van der Waals surface area contributed by atoms with Crippen molar-refractivity contribution >= 4 is 28.4 Å². The van der Waals surface area contributed by atoms with Crippen LogP contribution < -0.4 is 20.5 Å². The molecule has 3 heterocycles. The van der Waals surface area contributed by atoms with Crippen LogP contribution in [-0.4, -0.2) is 39.2 Å². The molecular formula is C34H38N6O3. The van der Waals surface area contributed by atoms with Crippen molar-refractivity contribution in [2.24, 2.45) is 0 Å². The van der Waals surface area contributed by atoms with Crippen LogP contribution in [0.5, 0.6) is 5.75 Å². The Kier molecular flexibility index (Phi) is 8.90. The highest BCUT2D eigenvalue weighted by Gasteiger charge is 2.24. The van der Waals surface area contributed by atoms with Crippen molar-refractivity contribution in [2.45, 2.75) is 52.5 Å². The summed E-state index contributed by atoms with van der Waals surface area (Å²) in [6.07, 6.45) is 7.60. The maximum atomic E-state index is 14.2. The molecule has 0 saturated heterocycles. The predicted molar refractivity (Wildman–Crippen MR) is 172 cm³/mol. The molecule has 9 nitrogen and oxygen atoms in total. The minimum atomic E-state index is -0.370. The van der Waals surface area contributed by atoms with Crippen LogP contribution in [0.2, 0.25) is 0 Å². The first-order chi connectivity index (χ1) is 20.7. The smallest absolute Gasteiger partial charge is 0.326 e. The summed E-state index contributed by atoms with van der Waals surface area (Å²) in [5.74, 6) is 1.04. The number of aromatic nitrogens is 4. The van der Waals surface area contributed by atoms with E-state index in [-0.39, 0.29) is 29.1 Å². The summed E-state index contributed by atoms with van der Waals surface area (Å²) in [4.78, 5) is 40.2. The van der Waals surface area contributed by atoms with Gasteiger partial charge in [-0.05, 0) is 83.0 Å². The molecule has 0 radical (unpaired) electrons. The normalized spacial score (nSPS) is 11.3. The molecule has 0 aliphatic heterocycles. The van der Waals surface area contributed by atoms with Crippen LogP contribution >= 0.6 is 0 Å². The summed E-state index contributed by atoms with van der Waals surface area (Å²) in [7, 11) is 1.66. The maximum absolute atomic E-state index is 14.2. The van der Waals surface area contributed by atoms with Gasteiger partial charge < -0.3 is 19.6 Å². The monoisotopic (exact) mass is 578 g/mol. The van der Waals surface area contributed by atoms with Crippen molar-refractivity contribution in [3.05, 3.63) is 101 Å². The molecule has 0 spiro atoms. The van der Waals surface area contributed by atoms with Gasteiger partial charge in [-0.15, -0.1) is 0 Å². The number of nitrogens with zero attached hydrogens (tertiary/aromatic N) is 4. The number of benzene rings is 2. The molecule has 3 aromatic heterocycles. The molecule has 5 rings (SSSR count). The zero-order chi connectivity index (χ0) is 30.5. The molecule has 0 unspecified atom stereocenters. The molecule has 9 heteroatoms. The molecule has 222 valence electrons. The summed E-state index contributed by atoms with van der Waals surface area (Å²) >= 11 is 0. The number of carbonyl (C=O) groups excluding carboxylic acids is 1. The Labute approximate surface area is 251 Å². The fourth-order valence-corrected chi connectivity index (χ4v) is 5.27. The van der Waals surface area contributed by atoms with E-state index in [2.05, 4.69) is 66.2 Å². The van der Waals surface area contributed by atoms with Gasteiger partial charge in [0.2, 0.25) is 0 Å². The van der Waals surface area contributed by atoms with Gasteiger partial charge in [0.05, 0.1) is 13.4 Å². The summed E-state index contributed by atoms with van der Waals surface area (Å²) in [5, 5.41) is 3.98. The van der Waals surface area contributed by atoms with Crippen LogP contribution in [0.4, 0.5) is 16.2 Å². The molecule has 5 aromatic rings. The van der Waals surface area contributed by atoms with Gasteiger partial charge in [-0.25, -0.2) is 14.8 Å². The number of anilines is 2. The van der Waals surface area contributed by atoms with E-state index in [9.17, 15) is 9.59 Å². The molecular weight excluding hydrogens is 540 g/mol. The van der Waals surface area contributed by atoms with Gasteiger partial charge in [0.1, 0.15) is 17.1 Å². The van der Waals surface area contributed by atoms with E-state index >= 15 is 0 Å². The van der Waals surface area contributed by atoms with Crippen LogP contribution in [0.25, 0.3) is 22.2 Å². The number of hydrogen-bond donors (Lipinski definition) is 2. The minimum Gasteiger partial charge on any atom is -0.497 e. The number of aryl methyl sites for hydroxylation is 1. The molecule has 0 aliphatic rings. The van der Waals surface area contributed by atoms with Crippen LogP contribution in [-0.2, 0) is 6.54 Å². The highest BCUT2D eigenvalue weighted by atomic mass is 16.5. The molecule has 0 fully saturated rings. The Morgan fingerprint density at radius 3 is 2.44 bits per heavy atom. The number of carbonyl (C=O) groups is 1. The first-order valence-electron chi connectivity index (χ1n) is 14.6. The standard InChI is InChI=1S/C34H38N6O3/c1-22(2)28-18-26(24-9-6-11-27(17-24)43-5)19-29(23(3)4)31(28)37-34(42)40(15-8-14-39-16-13-35-21-39)30-20-25-10-7-12-36-32(25)38-33(30)41/h6-7,9-13,16-23H,8,14-15H2,1-5H3,(H,37,42)(H,36,38,41).